The summed E-state index contributed by atoms with van der Waals surface area (Å²) in [6.45, 7) is 2.46. The van der Waals surface area contributed by atoms with Gasteiger partial charge in [0.2, 0.25) is 0 Å². The summed E-state index contributed by atoms with van der Waals surface area (Å²) in [5, 5.41) is 16.1. The fraction of sp³-hybridized carbons (Fsp3) is 0.263. The van der Waals surface area contributed by atoms with Gasteiger partial charge in [0.15, 0.2) is 0 Å². The zero-order valence-corrected chi connectivity index (χ0v) is 13.4. The van der Waals surface area contributed by atoms with E-state index in [4.69, 9.17) is 4.52 Å². The number of fused-ring (bicyclic) bond motifs is 2. The van der Waals surface area contributed by atoms with E-state index in [1.807, 2.05) is 24.3 Å². The lowest BCUT2D eigenvalue weighted by Crippen LogP contribution is -2.40. The molecule has 1 aliphatic heterocycles. The molecular formula is C19H18N2O3. The highest BCUT2D eigenvalue weighted by molar-refractivity contribution is 5.96. The van der Waals surface area contributed by atoms with Crippen molar-refractivity contribution in [3.05, 3.63) is 53.8 Å². The van der Waals surface area contributed by atoms with Crippen molar-refractivity contribution in [2.75, 3.05) is 6.54 Å². The van der Waals surface area contributed by atoms with Crippen molar-refractivity contribution in [2.24, 2.45) is 0 Å². The molecule has 1 atom stereocenters. The first-order valence-electron chi connectivity index (χ1n) is 8.07. The Balaban J connectivity index is 1.79. The zero-order valence-electron chi connectivity index (χ0n) is 13.4. The van der Waals surface area contributed by atoms with Crippen LogP contribution in [0, 0.1) is 0 Å². The Morgan fingerprint density at radius 1 is 1.25 bits per heavy atom. The Morgan fingerprint density at radius 3 is 2.88 bits per heavy atom. The second-order valence-electron chi connectivity index (χ2n) is 6.15. The predicted molar refractivity (Wildman–Crippen MR) is 90.2 cm³/mol. The van der Waals surface area contributed by atoms with E-state index in [1.165, 1.54) is 6.92 Å². The van der Waals surface area contributed by atoms with Gasteiger partial charge >= 0.3 is 0 Å². The number of nitrogens with zero attached hydrogens (tertiary/aromatic N) is 2. The molecule has 0 fully saturated rings. The van der Waals surface area contributed by atoms with Gasteiger partial charge in [-0.15, -0.1) is 0 Å². The van der Waals surface area contributed by atoms with Gasteiger partial charge in [0, 0.05) is 24.1 Å². The number of aliphatic hydroxyl groups excluding tert-OH is 1. The molecule has 4 rings (SSSR count). The van der Waals surface area contributed by atoms with Crippen molar-refractivity contribution in [1.29, 1.82) is 0 Å². The number of rotatable bonds is 2. The van der Waals surface area contributed by atoms with Crippen molar-refractivity contribution < 1.29 is 14.4 Å². The highest BCUT2D eigenvalue weighted by Crippen LogP contribution is 2.34. The van der Waals surface area contributed by atoms with Crippen LogP contribution in [0.25, 0.3) is 22.0 Å². The van der Waals surface area contributed by atoms with Crippen LogP contribution in [0.15, 0.2) is 47.0 Å². The van der Waals surface area contributed by atoms with E-state index in [9.17, 15) is 9.90 Å². The molecule has 0 spiro atoms. The monoisotopic (exact) mass is 322 g/mol. The first-order valence-corrected chi connectivity index (χ1v) is 8.07. The molecule has 122 valence electrons. The van der Waals surface area contributed by atoms with Crippen molar-refractivity contribution >= 4 is 16.7 Å². The fourth-order valence-corrected chi connectivity index (χ4v) is 3.30. The number of aromatic nitrogens is 1. The number of benzene rings is 2. The molecule has 2 heterocycles. The number of aliphatic hydroxyl groups is 1. The molecular weight excluding hydrogens is 304 g/mol. The SMILES string of the molecule is C[C@H](O)C(=O)N1CCc2onc(-c3cccc4ccccc34)c2C1. The largest absolute Gasteiger partial charge is 0.384 e. The molecule has 1 amide bonds. The highest BCUT2D eigenvalue weighted by atomic mass is 16.5. The average molecular weight is 322 g/mol. The lowest BCUT2D eigenvalue weighted by Gasteiger charge is -2.27. The van der Waals surface area contributed by atoms with E-state index in [-0.39, 0.29) is 5.91 Å². The second kappa shape index (κ2) is 5.76. The number of carbonyl (C=O) groups is 1. The number of amides is 1. The average Bonchev–Trinajstić information content (AvgIpc) is 3.03. The normalized spacial score (nSPS) is 15.3. The second-order valence-corrected chi connectivity index (χ2v) is 6.15. The van der Waals surface area contributed by atoms with Crippen molar-refractivity contribution in [2.45, 2.75) is 26.0 Å². The van der Waals surface area contributed by atoms with Gasteiger partial charge < -0.3 is 14.5 Å². The van der Waals surface area contributed by atoms with Crippen LogP contribution in [0.2, 0.25) is 0 Å². The van der Waals surface area contributed by atoms with Gasteiger partial charge in [-0.3, -0.25) is 4.79 Å². The molecule has 24 heavy (non-hydrogen) atoms. The summed E-state index contributed by atoms with van der Waals surface area (Å²) in [5.41, 5.74) is 2.72. The van der Waals surface area contributed by atoms with E-state index in [0.717, 1.165) is 33.4 Å². The van der Waals surface area contributed by atoms with E-state index < -0.39 is 6.10 Å². The van der Waals surface area contributed by atoms with Crippen LogP contribution >= 0.6 is 0 Å². The first kappa shape index (κ1) is 14.9. The third-order valence-electron chi connectivity index (χ3n) is 4.54. The Labute approximate surface area is 139 Å². The number of hydrogen-bond acceptors (Lipinski definition) is 4. The minimum Gasteiger partial charge on any atom is -0.384 e. The molecule has 0 bridgehead atoms. The lowest BCUT2D eigenvalue weighted by molar-refractivity contribution is -0.140. The molecule has 0 saturated carbocycles. The van der Waals surface area contributed by atoms with E-state index in [0.29, 0.717) is 19.5 Å². The van der Waals surface area contributed by atoms with Crippen LogP contribution in [-0.2, 0) is 17.8 Å². The summed E-state index contributed by atoms with van der Waals surface area (Å²) >= 11 is 0. The Hall–Kier alpha value is -2.66. The number of carbonyl (C=O) groups excluding carboxylic acids is 1. The van der Waals surface area contributed by atoms with Gasteiger partial charge in [0.05, 0.1) is 6.54 Å². The first-order chi connectivity index (χ1) is 11.6. The molecule has 1 N–H and O–H groups in total. The summed E-state index contributed by atoms with van der Waals surface area (Å²) in [6, 6.07) is 14.2. The molecule has 3 aromatic rings. The minimum atomic E-state index is -0.993. The van der Waals surface area contributed by atoms with Crippen molar-refractivity contribution in [1.82, 2.24) is 10.1 Å². The van der Waals surface area contributed by atoms with Crippen LogP contribution in [0.4, 0.5) is 0 Å². The molecule has 0 aliphatic carbocycles. The Kier molecular flexibility index (Phi) is 3.58. The molecule has 0 saturated heterocycles. The van der Waals surface area contributed by atoms with Gasteiger partial charge in [-0.05, 0) is 17.7 Å². The standard InChI is InChI=1S/C19H18N2O3/c1-12(22)19(23)21-10-9-17-16(11-21)18(20-24-17)15-8-4-6-13-5-2-3-7-14(13)15/h2-8,12,22H,9-11H2,1H3/t12-/m0/s1. The van der Waals surface area contributed by atoms with Gasteiger partial charge in [-0.2, -0.15) is 0 Å². The van der Waals surface area contributed by atoms with Crippen LogP contribution in [-0.4, -0.2) is 33.7 Å². The summed E-state index contributed by atoms with van der Waals surface area (Å²) in [4.78, 5) is 13.8. The molecule has 1 aromatic heterocycles. The molecule has 5 heteroatoms. The fourth-order valence-electron chi connectivity index (χ4n) is 3.30. The third kappa shape index (κ3) is 2.37. The van der Waals surface area contributed by atoms with E-state index >= 15 is 0 Å². The maximum Gasteiger partial charge on any atom is 0.251 e. The quantitative estimate of drug-likeness (QED) is 0.788. The third-order valence-corrected chi connectivity index (χ3v) is 4.54. The van der Waals surface area contributed by atoms with Crippen molar-refractivity contribution in [3.8, 4) is 11.3 Å². The smallest absolute Gasteiger partial charge is 0.251 e. The molecule has 0 unspecified atom stereocenters. The van der Waals surface area contributed by atoms with Crippen molar-refractivity contribution in [3.63, 3.8) is 0 Å². The summed E-state index contributed by atoms with van der Waals surface area (Å²) in [7, 11) is 0. The van der Waals surface area contributed by atoms with Gasteiger partial charge in [-0.25, -0.2) is 0 Å². The Bertz CT molecular complexity index is 909. The van der Waals surface area contributed by atoms with Gasteiger partial charge in [0.25, 0.3) is 5.91 Å². The summed E-state index contributed by atoms with van der Waals surface area (Å²) < 4.78 is 5.53. The minimum absolute atomic E-state index is 0.259. The van der Waals surface area contributed by atoms with E-state index in [2.05, 4.69) is 23.4 Å². The molecule has 1 aliphatic rings. The van der Waals surface area contributed by atoms with Crippen LogP contribution in [0.5, 0.6) is 0 Å². The maximum atomic E-state index is 12.1. The molecule has 5 nitrogen and oxygen atoms in total. The maximum absolute atomic E-state index is 12.1. The van der Waals surface area contributed by atoms with Gasteiger partial charge in [0.1, 0.15) is 17.6 Å². The number of hydrogen-bond donors (Lipinski definition) is 1. The Morgan fingerprint density at radius 2 is 2.04 bits per heavy atom. The highest BCUT2D eigenvalue weighted by Gasteiger charge is 2.29. The topological polar surface area (TPSA) is 66.6 Å². The van der Waals surface area contributed by atoms with Crippen LogP contribution in [0.3, 0.4) is 0 Å². The zero-order chi connectivity index (χ0) is 16.7. The van der Waals surface area contributed by atoms with Crippen LogP contribution in [0.1, 0.15) is 18.2 Å². The van der Waals surface area contributed by atoms with Gasteiger partial charge in [-0.1, -0.05) is 47.6 Å². The summed E-state index contributed by atoms with van der Waals surface area (Å²) in [5.74, 6) is 0.568. The predicted octanol–water partition coefficient (Wildman–Crippen LogP) is 2.76. The van der Waals surface area contributed by atoms with Crippen LogP contribution < -0.4 is 0 Å². The lowest BCUT2D eigenvalue weighted by atomic mass is 9.97. The van der Waals surface area contributed by atoms with E-state index in [1.54, 1.807) is 4.90 Å². The molecule has 2 aromatic carbocycles. The summed E-state index contributed by atoms with van der Waals surface area (Å²) in [6.07, 6.45) is -0.377. The molecule has 0 radical (unpaired) electrons.